The Morgan fingerprint density at radius 3 is 2.67 bits per heavy atom. The van der Waals surface area contributed by atoms with Gasteiger partial charge in [0.25, 0.3) is 5.91 Å². The molecule has 0 unspecified atom stereocenters. The van der Waals surface area contributed by atoms with E-state index in [1.807, 2.05) is 30.3 Å². The number of likely N-dealkylation sites (tertiary alicyclic amines) is 1. The van der Waals surface area contributed by atoms with Gasteiger partial charge in [-0.2, -0.15) is 0 Å². The Hall–Kier alpha value is -3.22. The molecule has 7 nitrogen and oxygen atoms in total. The Kier molecular flexibility index (Phi) is 4.82. The maximum absolute atomic E-state index is 12.5. The molecule has 0 saturated carbocycles. The van der Waals surface area contributed by atoms with Gasteiger partial charge in [-0.05, 0) is 30.3 Å². The summed E-state index contributed by atoms with van der Waals surface area (Å²) in [4.78, 5) is 26.3. The van der Waals surface area contributed by atoms with E-state index in [1.165, 1.54) is 0 Å². The predicted octanol–water partition coefficient (Wildman–Crippen LogP) is 1.68. The molecular formula is C20H20N2O5. The third kappa shape index (κ3) is 3.81. The highest BCUT2D eigenvalue weighted by atomic mass is 16.7. The van der Waals surface area contributed by atoms with Gasteiger partial charge in [-0.3, -0.25) is 9.59 Å². The summed E-state index contributed by atoms with van der Waals surface area (Å²) in [6, 6.07) is 14.6. The Bertz CT molecular complexity index is 834. The van der Waals surface area contributed by atoms with Gasteiger partial charge in [-0.1, -0.05) is 18.2 Å². The molecule has 2 aliphatic rings. The maximum Gasteiger partial charge on any atom is 0.254 e. The minimum atomic E-state index is -0.181. The minimum Gasteiger partial charge on any atom is -0.492 e. The van der Waals surface area contributed by atoms with Gasteiger partial charge in [0, 0.05) is 18.7 Å². The van der Waals surface area contributed by atoms with Gasteiger partial charge in [0.1, 0.15) is 12.4 Å². The van der Waals surface area contributed by atoms with Gasteiger partial charge in [-0.25, -0.2) is 0 Å². The molecule has 4 rings (SSSR count). The van der Waals surface area contributed by atoms with E-state index in [1.54, 1.807) is 23.1 Å². The average Bonchev–Trinajstić information content (AvgIpc) is 3.12. The number of nitrogens with one attached hydrogen (secondary N) is 1. The summed E-state index contributed by atoms with van der Waals surface area (Å²) in [5.41, 5.74) is 0.536. The van der Waals surface area contributed by atoms with Crippen molar-refractivity contribution < 1.29 is 23.8 Å². The smallest absolute Gasteiger partial charge is 0.254 e. The molecule has 2 aromatic rings. The molecule has 1 saturated heterocycles. The highest BCUT2D eigenvalue weighted by Crippen LogP contribution is 2.33. The van der Waals surface area contributed by atoms with Crippen molar-refractivity contribution in [1.29, 1.82) is 0 Å². The zero-order valence-electron chi connectivity index (χ0n) is 14.7. The summed E-state index contributed by atoms with van der Waals surface area (Å²) in [6.45, 7) is 1.84. The lowest BCUT2D eigenvalue weighted by Crippen LogP contribution is -2.56. The number of carbonyl (C=O) groups is 2. The Labute approximate surface area is 156 Å². The van der Waals surface area contributed by atoms with Crippen LogP contribution in [0.4, 0.5) is 0 Å². The molecule has 140 valence electrons. The average molecular weight is 368 g/mol. The molecule has 2 aliphatic heterocycles. The van der Waals surface area contributed by atoms with Gasteiger partial charge in [0.2, 0.25) is 12.7 Å². The Morgan fingerprint density at radius 2 is 1.85 bits per heavy atom. The first kappa shape index (κ1) is 17.2. The molecule has 27 heavy (non-hydrogen) atoms. The Balaban J connectivity index is 1.19. The van der Waals surface area contributed by atoms with E-state index in [2.05, 4.69) is 5.32 Å². The number of amides is 2. The third-order valence-corrected chi connectivity index (χ3v) is 4.57. The van der Waals surface area contributed by atoms with Crippen LogP contribution < -0.4 is 19.5 Å². The van der Waals surface area contributed by atoms with Crippen LogP contribution in [0.15, 0.2) is 48.5 Å². The number of rotatable bonds is 6. The van der Waals surface area contributed by atoms with E-state index >= 15 is 0 Å². The predicted molar refractivity (Wildman–Crippen MR) is 96.9 cm³/mol. The van der Waals surface area contributed by atoms with Gasteiger partial charge < -0.3 is 24.4 Å². The zero-order chi connectivity index (χ0) is 18.6. The van der Waals surface area contributed by atoms with Crippen molar-refractivity contribution in [2.24, 2.45) is 5.92 Å². The number of nitrogens with zero attached hydrogens (tertiary/aromatic N) is 1. The van der Waals surface area contributed by atoms with E-state index in [0.29, 0.717) is 43.3 Å². The van der Waals surface area contributed by atoms with Crippen molar-refractivity contribution in [2.45, 2.75) is 0 Å². The second kappa shape index (κ2) is 7.57. The van der Waals surface area contributed by atoms with Crippen molar-refractivity contribution in [2.75, 3.05) is 33.0 Å². The molecule has 2 amide bonds. The number of benzene rings is 2. The second-order valence-corrected chi connectivity index (χ2v) is 6.43. The van der Waals surface area contributed by atoms with Crippen LogP contribution in [-0.4, -0.2) is 49.7 Å². The van der Waals surface area contributed by atoms with Crippen LogP contribution in [0.5, 0.6) is 17.2 Å². The lowest BCUT2D eigenvalue weighted by atomic mass is 9.97. The van der Waals surface area contributed by atoms with Crippen LogP contribution in [0.2, 0.25) is 0 Å². The van der Waals surface area contributed by atoms with E-state index in [0.717, 1.165) is 5.75 Å². The van der Waals surface area contributed by atoms with Crippen LogP contribution in [0.1, 0.15) is 10.4 Å². The van der Waals surface area contributed by atoms with E-state index < -0.39 is 0 Å². The van der Waals surface area contributed by atoms with Crippen LogP contribution in [-0.2, 0) is 4.79 Å². The molecule has 1 N–H and O–H groups in total. The summed E-state index contributed by atoms with van der Waals surface area (Å²) in [6.07, 6.45) is 0. The lowest BCUT2D eigenvalue weighted by molar-refractivity contribution is -0.129. The van der Waals surface area contributed by atoms with Crippen LogP contribution in [0.3, 0.4) is 0 Å². The van der Waals surface area contributed by atoms with Crippen molar-refractivity contribution >= 4 is 11.8 Å². The summed E-state index contributed by atoms with van der Waals surface area (Å²) in [7, 11) is 0. The van der Waals surface area contributed by atoms with Crippen molar-refractivity contribution in [3.8, 4) is 17.2 Å². The number of ether oxygens (including phenoxy) is 3. The van der Waals surface area contributed by atoms with Crippen LogP contribution in [0, 0.1) is 5.92 Å². The molecular weight excluding hydrogens is 348 g/mol. The first-order valence-corrected chi connectivity index (χ1v) is 8.85. The van der Waals surface area contributed by atoms with Gasteiger partial charge >= 0.3 is 0 Å². The van der Waals surface area contributed by atoms with E-state index in [-0.39, 0.29) is 24.5 Å². The fourth-order valence-electron chi connectivity index (χ4n) is 3.03. The molecule has 0 spiro atoms. The summed E-state index contributed by atoms with van der Waals surface area (Å²) in [5, 5.41) is 2.85. The molecule has 7 heteroatoms. The second-order valence-electron chi connectivity index (χ2n) is 6.43. The molecule has 0 radical (unpaired) electrons. The van der Waals surface area contributed by atoms with E-state index in [4.69, 9.17) is 14.2 Å². The number of fused-ring (bicyclic) bond motifs is 1. The number of para-hydroxylation sites is 1. The zero-order valence-corrected chi connectivity index (χ0v) is 14.7. The summed E-state index contributed by atoms with van der Waals surface area (Å²) in [5.74, 6) is 1.65. The molecule has 0 aliphatic carbocycles. The maximum atomic E-state index is 12.5. The standard InChI is InChI=1S/C20H20N2O5/c23-19(21-8-9-25-16-4-2-1-3-5-16)15-11-22(12-15)20(24)14-6-7-17-18(10-14)27-13-26-17/h1-7,10,15H,8-9,11-13H2,(H,21,23). The van der Waals surface area contributed by atoms with E-state index in [9.17, 15) is 9.59 Å². The first-order chi connectivity index (χ1) is 13.2. The third-order valence-electron chi connectivity index (χ3n) is 4.57. The normalized spacial score (nSPS) is 15.2. The largest absolute Gasteiger partial charge is 0.492 e. The molecule has 1 fully saturated rings. The molecule has 0 atom stereocenters. The quantitative estimate of drug-likeness (QED) is 0.785. The van der Waals surface area contributed by atoms with Crippen LogP contribution in [0.25, 0.3) is 0 Å². The van der Waals surface area contributed by atoms with Gasteiger partial charge in [-0.15, -0.1) is 0 Å². The van der Waals surface area contributed by atoms with Crippen molar-refractivity contribution in [3.63, 3.8) is 0 Å². The Morgan fingerprint density at radius 1 is 1.07 bits per heavy atom. The van der Waals surface area contributed by atoms with Gasteiger partial charge in [0.05, 0.1) is 12.5 Å². The SMILES string of the molecule is O=C(NCCOc1ccccc1)C1CN(C(=O)c2ccc3c(c2)OCO3)C1. The monoisotopic (exact) mass is 368 g/mol. The number of hydrogen-bond acceptors (Lipinski definition) is 5. The molecule has 0 aromatic heterocycles. The molecule has 2 aromatic carbocycles. The van der Waals surface area contributed by atoms with Gasteiger partial charge in [0.15, 0.2) is 11.5 Å². The first-order valence-electron chi connectivity index (χ1n) is 8.85. The fourth-order valence-corrected chi connectivity index (χ4v) is 3.03. The lowest BCUT2D eigenvalue weighted by Gasteiger charge is -2.38. The highest BCUT2D eigenvalue weighted by molar-refractivity contribution is 5.96. The summed E-state index contributed by atoms with van der Waals surface area (Å²) < 4.78 is 16.1. The van der Waals surface area contributed by atoms with Crippen molar-refractivity contribution in [1.82, 2.24) is 10.2 Å². The molecule has 0 bridgehead atoms. The minimum absolute atomic E-state index is 0.0543. The fraction of sp³-hybridized carbons (Fsp3) is 0.300. The van der Waals surface area contributed by atoms with Crippen LogP contribution >= 0.6 is 0 Å². The highest BCUT2D eigenvalue weighted by Gasteiger charge is 2.36. The number of carbonyl (C=O) groups excluding carboxylic acids is 2. The van der Waals surface area contributed by atoms with Crippen molar-refractivity contribution in [3.05, 3.63) is 54.1 Å². The molecule has 2 heterocycles. The number of hydrogen-bond donors (Lipinski definition) is 1. The topological polar surface area (TPSA) is 77.1 Å². The summed E-state index contributed by atoms with van der Waals surface area (Å²) >= 11 is 0.